The van der Waals surface area contributed by atoms with Crippen molar-refractivity contribution in [3.8, 4) is 0 Å². The Morgan fingerprint density at radius 3 is 2.32 bits per heavy atom. The van der Waals surface area contributed by atoms with Crippen molar-refractivity contribution in [3.05, 3.63) is 59.4 Å². The highest BCUT2D eigenvalue weighted by atomic mass is 35.5. The molecule has 0 unspecified atom stereocenters. The molecule has 1 N–H and O–H groups in total. The predicted octanol–water partition coefficient (Wildman–Crippen LogP) is 3.66. The van der Waals surface area contributed by atoms with Gasteiger partial charge in [-0.1, -0.05) is 30.7 Å². The number of sulfonamides is 1. The van der Waals surface area contributed by atoms with Crippen molar-refractivity contribution < 1.29 is 17.6 Å². The number of rotatable bonds is 6. The minimum Gasteiger partial charge on any atom is -0.324 e. The summed E-state index contributed by atoms with van der Waals surface area (Å²) in [5.74, 6) is -1.27. The molecule has 2 rings (SSSR count). The topological polar surface area (TPSA) is 66.5 Å². The Morgan fingerprint density at radius 1 is 1.20 bits per heavy atom. The minimum atomic E-state index is -3.88. The fourth-order valence-corrected chi connectivity index (χ4v) is 3.76. The van der Waals surface area contributed by atoms with Crippen LogP contribution in [0, 0.1) is 5.82 Å². The Morgan fingerprint density at radius 2 is 1.80 bits per heavy atom. The SMILES string of the molecule is CC[C@H](C(=O)Nc1ccc(Cl)cc1)N(c1ccccc1F)S(C)(=O)=O. The highest BCUT2D eigenvalue weighted by molar-refractivity contribution is 7.92. The first-order valence-corrected chi connectivity index (χ1v) is 9.77. The fourth-order valence-electron chi connectivity index (χ4n) is 2.42. The monoisotopic (exact) mass is 384 g/mol. The van der Waals surface area contributed by atoms with E-state index in [1.807, 2.05) is 0 Å². The molecule has 0 radical (unpaired) electrons. The highest BCUT2D eigenvalue weighted by Gasteiger charge is 2.33. The number of halogens is 2. The third-order valence-electron chi connectivity index (χ3n) is 3.53. The van der Waals surface area contributed by atoms with Gasteiger partial charge in [-0.05, 0) is 42.8 Å². The maximum atomic E-state index is 14.1. The van der Waals surface area contributed by atoms with E-state index < -0.39 is 27.8 Å². The molecule has 0 aliphatic heterocycles. The Labute approximate surface area is 151 Å². The van der Waals surface area contributed by atoms with Gasteiger partial charge in [-0.2, -0.15) is 0 Å². The number of hydrogen-bond acceptors (Lipinski definition) is 3. The van der Waals surface area contributed by atoms with Crippen molar-refractivity contribution in [3.63, 3.8) is 0 Å². The molecular weight excluding hydrogens is 367 g/mol. The van der Waals surface area contributed by atoms with Crippen LogP contribution < -0.4 is 9.62 Å². The summed E-state index contributed by atoms with van der Waals surface area (Å²) < 4.78 is 39.5. The minimum absolute atomic E-state index is 0.164. The lowest BCUT2D eigenvalue weighted by Gasteiger charge is -2.30. The first kappa shape index (κ1) is 19.2. The second-order valence-electron chi connectivity index (χ2n) is 5.43. The molecule has 8 heteroatoms. The molecule has 0 fully saturated rings. The molecule has 134 valence electrons. The highest BCUT2D eigenvalue weighted by Crippen LogP contribution is 2.26. The first-order chi connectivity index (χ1) is 11.7. The summed E-state index contributed by atoms with van der Waals surface area (Å²) in [6.07, 6.45) is 1.11. The lowest BCUT2D eigenvalue weighted by atomic mass is 10.1. The zero-order chi connectivity index (χ0) is 18.6. The van der Waals surface area contributed by atoms with Crippen molar-refractivity contribution in [1.82, 2.24) is 0 Å². The van der Waals surface area contributed by atoms with Gasteiger partial charge in [-0.25, -0.2) is 12.8 Å². The standard InChI is InChI=1S/C17H18ClFN2O3S/c1-3-15(17(22)20-13-10-8-12(18)9-11-13)21(25(2,23)24)16-7-5-4-6-14(16)19/h4-11,15H,3H2,1-2H3,(H,20,22)/t15-/m1/s1. The van der Waals surface area contributed by atoms with Crippen LogP contribution in [0.4, 0.5) is 15.8 Å². The molecular formula is C17H18ClFN2O3S. The van der Waals surface area contributed by atoms with Gasteiger partial charge in [0.05, 0.1) is 11.9 Å². The Balaban J connectivity index is 2.38. The van der Waals surface area contributed by atoms with Gasteiger partial charge in [0.25, 0.3) is 0 Å². The Hall–Kier alpha value is -2.12. The van der Waals surface area contributed by atoms with Gasteiger partial charge in [0.15, 0.2) is 0 Å². The van der Waals surface area contributed by atoms with Crippen LogP contribution in [-0.4, -0.2) is 26.6 Å². The van der Waals surface area contributed by atoms with Crippen molar-refractivity contribution in [1.29, 1.82) is 0 Å². The van der Waals surface area contributed by atoms with Crippen LogP contribution in [0.5, 0.6) is 0 Å². The molecule has 0 spiro atoms. The van der Waals surface area contributed by atoms with E-state index >= 15 is 0 Å². The zero-order valence-electron chi connectivity index (χ0n) is 13.7. The Bertz CT molecular complexity index is 856. The average Bonchev–Trinajstić information content (AvgIpc) is 2.54. The number of para-hydroxylation sites is 1. The first-order valence-electron chi connectivity index (χ1n) is 7.54. The smallest absolute Gasteiger partial charge is 0.248 e. The number of benzene rings is 2. The maximum absolute atomic E-state index is 14.1. The fraction of sp³-hybridized carbons (Fsp3) is 0.235. The lowest BCUT2D eigenvalue weighted by Crippen LogP contribution is -2.47. The van der Waals surface area contributed by atoms with E-state index in [2.05, 4.69) is 5.32 Å². The van der Waals surface area contributed by atoms with E-state index in [9.17, 15) is 17.6 Å². The summed E-state index contributed by atoms with van der Waals surface area (Å²) in [7, 11) is -3.88. The van der Waals surface area contributed by atoms with Gasteiger partial charge in [0.1, 0.15) is 11.9 Å². The molecule has 0 heterocycles. The molecule has 2 aromatic rings. The van der Waals surface area contributed by atoms with E-state index in [1.54, 1.807) is 31.2 Å². The van der Waals surface area contributed by atoms with Crippen LogP contribution in [0.25, 0.3) is 0 Å². The van der Waals surface area contributed by atoms with E-state index in [0.29, 0.717) is 10.7 Å². The van der Waals surface area contributed by atoms with Gasteiger partial charge in [-0.3, -0.25) is 9.10 Å². The summed E-state index contributed by atoms with van der Waals surface area (Å²) in [5, 5.41) is 3.14. The number of hydrogen-bond donors (Lipinski definition) is 1. The van der Waals surface area contributed by atoms with Crippen LogP contribution >= 0.6 is 11.6 Å². The summed E-state index contributed by atoms with van der Waals surface area (Å²) in [4.78, 5) is 12.6. The normalized spacial score (nSPS) is 12.5. The number of nitrogens with one attached hydrogen (secondary N) is 1. The molecule has 2 aromatic carbocycles. The molecule has 5 nitrogen and oxygen atoms in total. The number of nitrogens with zero attached hydrogens (tertiary/aromatic N) is 1. The number of carbonyl (C=O) groups is 1. The van der Waals surface area contributed by atoms with Gasteiger partial charge in [-0.15, -0.1) is 0 Å². The molecule has 1 amide bonds. The van der Waals surface area contributed by atoms with Gasteiger partial charge in [0, 0.05) is 10.7 Å². The summed E-state index contributed by atoms with van der Waals surface area (Å²) in [6.45, 7) is 1.66. The summed E-state index contributed by atoms with van der Waals surface area (Å²) in [5.41, 5.74) is 0.304. The quantitative estimate of drug-likeness (QED) is 0.826. The number of carbonyl (C=O) groups excluding carboxylic acids is 1. The van der Waals surface area contributed by atoms with Crippen LogP contribution in [-0.2, 0) is 14.8 Å². The van der Waals surface area contributed by atoms with E-state index in [-0.39, 0.29) is 12.1 Å². The lowest BCUT2D eigenvalue weighted by molar-refractivity contribution is -0.117. The predicted molar refractivity (Wildman–Crippen MR) is 97.9 cm³/mol. The molecule has 0 aliphatic rings. The molecule has 25 heavy (non-hydrogen) atoms. The molecule has 0 aliphatic carbocycles. The van der Waals surface area contributed by atoms with Crippen molar-refractivity contribution in [2.45, 2.75) is 19.4 Å². The number of amides is 1. The summed E-state index contributed by atoms with van der Waals surface area (Å²) in [6, 6.07) is 10.7. The van der Waals surface area contributed by atoms with Crippen LogP contribution in [0.1, 0.15) is 13.3 Å². The van der Waals surface area contributed by atoms with Crippen molar-refractivity contribution in [2.75, 3.05) is 15.9 Å². The van der Waals surface area contributed by atoms with Gasteiger partial charge in [0.2, 0.25) is 15.9 Å². The third kappa shape index (κ3) is 4.70. The molecule has 0 aromatic heterocycles. The van der Waals surface area contributed by atoms with Crippen molar-refractivity contribution >= 4 is 38.9 Å². The van der Waals surface area contributed by atoms with Crippen LogP contribution in [0.15, 0.2) is 48.5 Å². The molecule has 0 saturated carbocycles. The van der Waals surface area contributed by atoms with E-state index in [1.165, 1.54) is 18.2 Å². The largest absolute Gasteiger partial charge is 0.324 e. The summed E-state index contributed by atoms with van der Waals surface area (Å²) >= 11 is 5.80. The van der Waals surface area contributed by atoms with Crippen LogP contribution in [0.2, 0.25) is 5.02 Å². The van der Waals surface area contributed by atoms with Gasteiger partial charge < -0.3 is 5.32 Å². The molecule has 1 atom stereocenters. The maximum Gasteiger partial charge on any atom is 0.248 e. The van der Waals surface area contributed by atoms with Crippen LogP contribution in [0.3, 0.4) is 0 Å². The number of anilines is 2. The van der Waals surface area contributed by atoms with Gasteiger partial charge >= 0.3 is 0 Å². The second-order valence-corrected chi connectivity index (χ2v) is 7.73. The average molecular weight is 385 g/mol. The van der Waals surface area contributed by atoms with E-state index in [4.69, 9.17) is 11.6 Å². The van der Waals surface area contributed by atoms with E-state index in [0.717, 1.165) is 16.6 Å². The third-order valence-corrected chi connectivity index (χ3v) is 4.95. The van der Waals surface area contributed by atoms with Crippen molar-refractivity contribution in [2.24, 2.45) is 0 Å². The molecule has 0 saturated heterocycles. The molecule has 0 bridgehead atoms. The Kier molecular flexibility index (Phi) is 6.02. The zero-order valence-corrected chi connectivity index (χ0v) is 15.3. The second kappa shape index (κ2) is 7.84.